The third-order valence-corrected chi connectivity index (χ3v) is 3.27. The van der Waals surface area contributed by atoms with Crippen LogP contribution in [0.2, 0.25) is 0 Å². The molecule has 94 valence electrons. The highest BCUT2D eigenvalue weighted by Gasteiger charge is 2.14. The van der Waals surface area contributed by atoms with Gasteiger partial charge in [0, 0.05) is 17.6 Å². The van der Waals surface area contributed by atoms with Gasteiger partial charge >= 0.3 is 0 Å². The van der Waals surface area contributed by atoms with E-state index < -0.39 is 5.82 Å². The first-order valence-electron chi connectivity index (χ1n) is 5.31. The van der Waals surface area contributed by atoms with Crippen LogP contribution in [0.1, 0.15) is 15.9 Å². The Morgan fingerprint density at radius 2 is 2.12 bits per heavy atom. The predicted octanol–water partition coefficient (Wildman–Crippen LogP) is 2.19. The maximum absolute atomic E-state index is 13.8. The van der Waals surface area contributed by atoms with E-state index in [4.69, 9.17) is 0 Å². The number of amides is 1. The van der Waals surface area contributed by atoms with E-state index in [1.165, 1.54) is 6.07 Å². The molecule has 0 radical (unpaired) electrons. The lowest BCUT2D eigenvalue weighted by Crippen LogP contribution is -2.31. The van der Waals surface area contributed by atoms with Crippen LogP contribution >= 0.6 is 15.9 Å². The van der Waals surface area contributed by atoms with Gasteiger partial charge in [0.2, 0.25) is 0 Å². The van der Waals surface area contributed by atoms with Crippen molar-refractivity contribution in [1.82, 2.24) is 10.2 Å². The van der Waals surface area contributed by atoms with Crippen LogP contribution in [0.15, 0.2) is 16.6 Å². The molecule has 0 spiro atoms. The second-order valence-electron chi connectivity index (χ2n) is 4.09. The molecule has 0 aliphatic heterocycles. The normalized spacial score (nSPS) is 10.7. The van der Waals surface area contributed by atoms with Crippen molar-refractivity contribution in [3.05, 3.63) is 33.5 Å². The quantitative estimate of drug-likeness (QED) is 0.925. The number of rotatable bonds is 4. The lowest BCUT2D eigenvalue weighted by Gasteiger charge is -2.11. The van der Waals surface area contributed by atoms with E-state index in [0.717, 1.165) is 6.54 Å². The van der Waals surface area contributed by atoms with Gasteiger partial charge in [0.05, 0.1) is 5.56 Å². The van der Waals surface area contributed by atoms with Crippen LogP contribution < -0.4 is 5.32 Å². The minimum Gasteiger partial charge on any atom is -0.351 e. The van der Waals surface area contributed by atoms with Gasteiger partial charge in [-0.15, -0.1) is 0 Å². The molecule has 0 aliphatic rings. The fourth-order valence-corrected chi connectivity index (χ4v) is 1.63. The zero-order valence-electron chi connectivity index (χ0n) is 10.2. The lowest BCUT2D eigenvalue weighted by atomic mass is 10.1. The number of benzene rings is 1. The number of nitrogens with zero attached hydrogens (tertiary/aromatic N) is 1. The molecular weight excluding hydrogens is 287 g/mol. The third kappa shape index (κ3) is 3.78. The summed E-state index contributed by atoms with van der Waals surface area (Å²) >= 11 is 3.22. The summed E-state index contributed by atoms with van der Waals surface area (Å²) in [4.78, 5) is 13.7. The van der Waals surface area contributed by atoms with Crippen molar-refractivity contribution in [3.8, 4) is 0 Å². The summed E-state index contributed by atoms with van der Waals surface area (Å²) in [5.41, 5.74) is 0.537. The molecule has 5 heteroatoms. The SMILES string of the molecule is Cc1c(Br)ccc(C(=O)NCCN(C)C)c1F. The van der Waals surface area contributed by atoms with Gasteiger partial charge in [-0.2, -0.15) is 0 Å². The third-order valence-electron chi connectivity index (χ3n) is 2.41. The Morgan fingerprint density at radius 1 is 1.47 bits per heavy atom. The number of hydrogen-bond donors (Lipinski definition) is 1. The molecule has 3 nitrogen and oxygen atoms in total. The van der Waals surface area contributed by atoms with Gasteiger partial charge in [-0.3, -0.25) is 4.79 Å². The van der Waals surface area contributed by atoms with Crippen molar-refractivity contribution in [1.29, 1.82) is 0 Å². The van der Waals surface area contributed by atoms with Crippen LogP contribution in [0.3, 0.4) is 0 Å². The van der Waals surface area contributed by atoms with Gasteiger partial charge in [0.15, 0.2) is 0 Å². The summed E-state index contributed by atoms with van der Waals surface area (Å²) in [5.74, 6) is -0.846. The van der Waals surface area contributed by atoms with Gasteiger partial charge in [0.25, 0.3) is 5.91 Å². The van der Waals surface area contributed by atoms with E-state index in [1.807, 2.05) is 19.0 Å². The first-order chi connectivity index (χ1) is 7.93. The summed E-state index contributed by atoms with van der Waals surface area (Å²) in [5, 5.41) is 2.68. The standard InChI is InChI=1S/C12H16BrFN2O/c1-8-10(13)5-4-9(11(8)14)12(17)15-6-7-16(2)3/h4-5H,6-7H2,1-3H3,(H,15,17). The van der Waals surface area contributed by atoms with Crippen molar-refractivity contribution in [3.63, 3.8) is 0 Å². The molecule has 0 unspecified atom stereocenters. The van der Waals surface area contributed by atoms with E-state index in [0.29, 0.717) is 16.6 Å². The number of carbonyl (C=O) groups is 1. The summed E-state index contributed by atoms with van der Waals surface area (Å²) in [6.07, 6.45) is 0. The molecule has 0 saturated carbocycles. The smallest absolute Gasteiger partial charge is 0.254 e. The van der Waals surface area contributed by atoms with Gasteiger partial charge in [-0.05, 0) is 38.7 Å². The number of carbonyl (C=O) groups excluding carboxylic acids is 1. The molecule has 1 N–H and O–H groups in total. The summed E-state index contributed by atoms with van der Waals surface area (Å²) in [6.45, 7) is 2.86. The van der Waals surface area contributed by atoms with Crippen molar-refractivity contribution < 1.29 is 9.18 Å². The highest BCUT2D eigenvalue weighted by molar-refractivity contribution is 9.10. The number of likely N-dealkylation sites (N-methyl/N-ethyl adjacent to an activating group) is 1. The molecule has 1 aromatic rings. The maximum atomic E-state index is 13.8. The summed E-state index contributed by atoms with van der Waals surface area (Å²) in [6, 6.07) is 3.16. The summed E-state index contributed by atoms with van der Waals surface area (Å²) in [7, 11) is 3.83. The van der Waals surface area contributed by atoms with E-state index in [-0.39, 0.29) is 11.5 Å². The van der Waals surface area contributed by atoms with Crippen LogP contribution in [0.25, 0.3) is 0 Å². The molecule has 1 amide bonds. The van der Waals surface area contributed by atoms with Crippen LogP contribution in [0, 0.1) is 12.7 Å². The van der Waals surface area contributed by atoms with E-state index in [2.05, 4.69) is 21.2 Å². The Kier molecular flexibility index (Phi) is 5.08. The fourth-order valence-electron chi connectivity index (χ4n) is 1.33. The Hall–Kier alpha value is -0.940. The first-order valence-corrected chi connectivity index (χ1v) is 6.10. The maximum Gasteiger partial charge on any atom is 0.254 e. The number of halogens is 2. The highest BCUT2D eigenvalue weighted by atomic mass is 79.9. The lowest BCUT2D eigenvalue weighted by molar-refractivity contribution is 0.0947. The van der Waals surface area contributed by atoms with Gasteiger partial charge < -0.3 is 10.2 Å². The van der Waals surface area contributed by atoms with E-state index in [1.54, 1.807) is 13.0 Å². The second kappa shape index (κ2) is 6.12. The molecule has 0 bridgehead atoms. The molecule has 1 aromatic carbocycles. The Bertz CT molecular complexity index is 421. The molecule has 0 aliphatic carbocycles. The summed E-state index contributed by atoms with van der Waals surface area (Å²) < 4.78 is 14.5. The van der Waals surface area contributed by atoms with Crippen LogP contribution in [-0.2, 0) is 0 Å². The predicted molar refractivity (Wildman–Crippen MR) is 69.7 cm³/mol. The van der Waals surface area contributed by atoms with Gasteiger partial charge in [-0.25, -0.2) is 4.39 Å². The van der Waals surface area contributed by atoms with Crippen LogP contribution in [0.5, 0.6) is 0 Å². The molecule has 17 heavy (non-hydrogen) atoms. The molecule has 1 rings (SSSR count). The van der Waals surface area contributed by atoms with Crippen molar-refractivity contribution in [2.45, 2.75) is 6.92 Å². The molecule has 0 saturated heterocycles. The molecule has 0 atom stereocenters. The van der Waals surface area contributed by atoms with Crippen molar-refractivity contribution >= 4 is 21.8 Å². The molecule has 0 heterocycles. The fraction of sp³-hybridized carbons (Fsp3) is 0.417. The molecule has 0 fully saturated rings. The van der Waals surface area contributed by atoms with Crippen LogP contribution in [-0.4, -0.2) is 38.0 Å². The topological polar surface area (TPSA) is 32.3 Å². The molecular formula is C12H16BrFN2O. The minimum absolute atomic E-state index is 0.0875. The molecule has 0 aromatic heterocycles. The van der Waals surface area contributed by atoms with E-state index in [9.17, 15) is 9.18 Å². The zero-order valence-corrected chi connectivity index (χ0v) is 11.8. The van der Waals surface area contributed by atoms with Gasteiger partial charge in [-0.1, -0.05) is 15.9 Å². The monoisotopic (exact) mass is 302 g/mol. The highest BCUT2D eigenvalue weighted by Crippen LogP contribution is 2.21. The average Bonchev–Trinajstić information content (AvgIpc) is 2.25. The minimum atomic E-state index is -0.471. The van der Waals surface area contributed by atoms with Crippen molar-refractivity contribution in [2.24, 2.45) is 0 Å². The first kappa shape index (κ1) is 14.1. The van der Waals surface area contributed by atoms with Crippen LogP contribution in [0.4, 0.5) is 4.39 Å². The zero-order chi connectivity index (χ0) is 13.0. The van der Waals surface area contributed by atoms with Gasteiger partial charge in [0.1, 0.15) is 5.82 Å². The Labute approximate surface area is 109 Å². The average molecular weight is 303 g/mol. The Balaban J connectivity index is 2.73. The number of hydrogen-bond acceptors (Lipinski definition) is 2. The Morgan fingerprint density at radius 3 is 2.71 bits per heavy atom. The number of nitrogens with one attached hydrogen (secondary N) is 1. The second-order valence-corrected chi connectivity index (χ2v) is 4.95. The largest absolute Gasteiger partial charge is 0.351 e. The van der Waals surface area contributed by atoms with Crippen molar-refractivity contribution in [2.75, 3.05) is 27.2 Å². The van der Waals surface area contributed by atoms with E-state index >= 15 is 0 Å².